The van der Waals surface area contributed by atoms with Gasteiger partial charge in [0.15, 0.2) is 0 Å². The van der Waals surface area contributed by atoms with E-state index in [9.17, 15) is 4.79 Å². The zero-order chi connectivity index (χ0) is 22.5. The first kappa shape index (κ1) is 22.8. The number of hydrogen-bond donors (Lipinski definition) is 1. The SMILES string of the molecule is Cc1nccn1Cc1cccc(CNC(=O)C2CCCN(Cc3ccc(Cl)cc3Cl)C2)c1. The summed E-state index contributed by atoms with van der Waals surface area (Å²) >= 11 is 12.3. The molecule has 1 fully saturated rings. The molecule has 0 spiro atoms. The van der Waals surface area contributed by atoms with Crippen LogP contribution in [0.2, 0.25) is 10.0 Å². The molecule has 0 saturated carbocycles. The Balaban J connectivity index is 1.31. The van der Waals surface area contributed by atoms with E-state index in [0.29, 0.717) is 16.6 Å². The molecule has 0 radical (unpaired) electrons. The minimum atomic E-state index is -0.00777. The number of piperidine rings is 1. The van der Waals surface area contributed by atoms with Crippen molar-refractivity contribution in [3.63, 3.8) is 0 Å². The molecule has 0 bridgehead atoms. The number of imidazole rings is 1. The lowest BCUT2D eigenvalue weighted by Gasteiger charge is -2.32. The first-order valence-electron chi connectivity index (χ1n) is 11.0. The topological polar surface area (TPSA) is 50.2 Å². The summed E-state index contributed by atoms with van der Waals surface area (Å²) in [6.45, 7) is 5.75. The highest BCUT2D eigenvalue weighted by Crippen LogP contribution is 2.25. The van der Waals surface area contributed by atoms with Crippen LogP contribution in [0.5, 0.6) is 0 Å². The first-order valence-corrected chi connectivity index (χ1v) is 11.7. The van der Waals surface area contributed by atoms with Crippen LogP contribution in [0.25, 0.3) is 0 Å². The fourth-order valence-corrected chi connectivity index (χ4v) is 4.71. The molecule has 1 aliphatic rings. The van der Waals surface area contributed by atoms with Gasteiger partial charge in [0.25, 0.3) is 0 Å². The maximum Gasteiger partial charge on any atom is 0.224 e. The molecule has 4 rings (SSSR count). The molecule has 7 heteroatoms. The van der Waals surface area contributed by atoms with Crippen LogP contribution >= 0.6 is 23.2 Å². The molecule has 1 amide bonds. The number of hydrogen-bond acceptors (Lipinski definition) is 3. The molecule has 32 heavy (non-hydrogen) atoms. The van der Waals surface area contributed by atoms with Crippen LogP contribution in [0.3, 0.4) is 0 Å². The smallest absolute Gasteiger partial charge is 0.224 e. The lowest BCUT2D eigenvalue weighted by molar-refractivity contribution is -0.126. The van der Waals surface area contributed by atoms with Gasteiger partial charge in [0.1, 0.15) is 5.82 Å². The summed E-state index contributed by atoms with van der Waals surface area (Å²) in [5.74, 6) is 1.10. The lowest BCUT2D eigenvalue weighted by atomic mass is 9.96. The first-order chi connectivity index (χ1) is 15.5. The van der Waals surface area contributed by atoms with Gasteiger partial charge in [0.05, 0.1) is 5.92 Å². The van der Waals surface area contributed by atoms with Crippen molar-refractivity contribution in [2.45, 2.75) is 39.4 Å². The maximum absolute atomic E-state index is 12.9. The highest BCUT2D eigenvalue weighted by Gasteiger charge is 2.26. The van der Waals surface area contributed by atoms with Gasteiger partial charge in [-0.05, 0) is 55.1 Å². The van der Waals surface area contributed by atoms with E-state index >= 15 is 0 Å². The van der Waals surface area contributed by atoms with Gasteiger partial charge in [-0.3, -0.25) is 9.69 Å². The van der Waals surface area contributed by atoms with Crippen molar-refractivity contribution >= 4 is 29.1 Å². The fraction of sp³-hybridized carbons (Fsp3) is 0.360. The van der Waals surface area contributed by atoms with Crippen LogP contribution in [0.1, 0.15) is 35.4 Å². The summed E-state index contributed by atoms with van der Waals surface area (Å²) in [6.07, 6.45) is 5.71. The van der Waals surface area contributed by atoms with E-state index in [1.165, 1.54) is 5.56 Å². The molecule has 0 aliphatic carbocycles. The molecule has 1 unspecified atom stereocenters. The van der Waals surface area contributed by atoms with Crippen LogP contribution in [-0.4, -0.2) is 33.4 Å². The van der Waals surface area contributed by atoms with Gasteiger partial charge in [-0.2, -0.15) is 0 Å². The van der Waals surface area contributed by atoms with Gasteiger partial charge in [0, 0.05) is 48.6 Å². The largest absolute Gasteiger partial charge is 0.352 e. The minimum Gasteiger partial charge on any atom is -0.352 e. The van der Waals surface area contributed by atoms with Crippen molar-refractivity contribution in [1.82, 2.24) is 19.8 Å². The molecular formula is C25H28Cl2N4O. The third-order valence-corrected chi connectivity index (χ3v) is 6.61. The van der Waals surface area contributed by atoms with Crippen molar-refractivity contribution in [2.75, 3.05) is 13.1 Å². The van der Waals surface area contributed by atoms with E-state index < -0.39 is 0 Å². The molecule has 1 saturated heterocycles. The summed E-state index contributed by atoms with van der Waals surface area (Å²) in [5, 5.41) is 4.45. The predicted molar refractivity (Wildman–Crippen MR) is 129 cm³/mol. The van der Waals surface area contributed by atoms with Crippen molar-refractivity contribution < 1.29 is 4.79 Å². The average Bonchev–Trinajstić information content (AvgIpc) is 3.19. The quantitative estimate of drug-likeness (QED) is 0.523. The summed E-state index contributed by atoms with van der Waals surface area (Å²) in [6, 6.07) is 13.9. The Morgan fingerprint density at radius 3 is 2.78 bits per heavy atom. The van der Waals surface area contributed by atoms with Crippen LogP contribution in [0.15, 0.2) is 54.9 Å². The van der Waals surface area contributed by atoms with Gasteiger partial charge in [-0.25, -0.2) is 4.98 Å². The van der Waals surface area contributed by atoms with E-state index in [0.717, 1.165) is 56.0 Å². The molecule has 1 aromatic heterocycles. The number of amides is 1. The molecule has 1 aliphatic heterocycles. The fourth-order valence-electron chi connectivity index (χ4n) is 4.24. The number of aryl methyl sites for hydroxylation is 1. The Kier molecular flexibility index (Phi) is 7.51. The number of likely N-dealkylation sites (tertiary alicyclic amines) is 1. The van der Waals surface area contributed by atoms with Gasteiger partial charge < -0.3 is 9.88 Å². The third kappa shape index (κ3) is 5.91. The van der Waals surface area contributed by atoms with E-state index in [4.69, 9.17) is 23.2 Å². The number of rotatable bonds is 7. The number of nitrogens with zero attached hydrogens (tertiary/aromatic N) is 3. The van der Waals surface area contributed by atoms with Gasteiger partial charge in [-0.1, -0.05) is 53.5 Å². The minimum absolute atomic E-state index is 0.00777. The van der Waals surface area contributed by atoms with Crippen LogP contribution in [0.4, 0.5) is 0 Å². The Bertz CT molecular complexity index is 1080. The Labute approximate surface area is 199 Å². The molecule has 168 valence electrons. The van der Waals surface area contributed by atoms with Crippen molar-refractivity contribution in [3.8, 4) is 0 Å². The second-order valence-electron chi connectivity index (χ2n) is 8.45. The molecule has 1 atom stereocenters. The second-order valence-corrected chi connectivity index (χ2v) is 9.29. The van der Waals surface area contributed by atoms with Crippen molar-refractivity contribution in [2.24, 2.45) is 5.92 Å². The van der Waals surface area contributed by atoms with Crippen LogP contribution < -0.4 is 5.32 Å². The summed E-state index contributed by atoms with van der Waals surface area (Å²) in [5.41, 5.74) is 3.35. The Morgan fingerprint density at radius 1 is 1.16 bits per heavy atom. The van der Waals surface area contributed by atoms with Crippen molar-refractivity contribution in [1.29, 1.82) is 0 Å². The van der Waals surface area contributed by atoms with E-state index in [1.54, 1.807) is 6.07 Å². The number of carbonyl (C=O) groups is 1. The normalized spacial score (nSPS) is 16.8. The zero-order valence-corrected chi connectivity index (χ0v) is 19.7. The zero-order valence-electron chi connectivity index (χ0n) is 18.2. The summed E-state index contributed by atoms with van der Waals surface area (Å²) < 4.78 is 2.11. The van der Waals surface area contributed by atoms with E-state index in [-0.39, 0.29) is 11.8 Å². The molecule has 5 nitrogen and oxygen atoms in total. The molecule has 1 N–H and O–H groups in total. The Morgan fingerprint density at radius 2 is 2.00 bits per heavy atom. The maximum atomic E-state index is 12.9. The number of aromatic nitrogens is 2. The number of carbonyl (C=O) groups excluding carboxylic acids is 1. The van der Waals surface area contributed by atoms with E-state index in [1.807, 2.05) is 37.5 Å². The van der Waals surface area contributed by atoms with Crippen LogP contribution in [0, 0.1) is 12.8 Å². The van der Waals surface area contributed by atoms with Gasteiger partial charge >= 0.3 is 0 Å². The number of halogens is 2. The highest BCUT2D eigenvalue weighted by atomic mass is 35.5. The summed E-state index contributed by atoms with van der Waals surface area (Å²) in [4.78, 5) is 19.5. The number of benzene rings is 2. The predicted octanol–water partition coefficient (Wildman–Crippen LogP) is 5.08. The van der Waals surface area contributed by atoms with Crippen LogP contribution in [-0.2, 0) is 24.4 Å². The molecule has 3 aromatic rings. The average molecular weight is 471 g/mol. The second kappa shape index (κ2) is 10.5. The van der Waals surface area contributed by atoms with Gasteiger partial charge in [0.2, 0.25) is 5.91 Å². The van der Waals surface area contributed by atoms with E-state index in [2.05, 4.69) is 38.0 Å². The summed E-state index contributed by atoms with van der Waals surface area (Å²) in [7, 11) is 0. The third-order valence-electron chi connectivity index (χ3n) is 6.02. The monoisotopic (exact) mass is 470 g/mol. The molecule has 2 aromatic carbocycles. The lowest BCUT2D eigenvalue weighted by Crippen LogP contribution is -2.42. The molecule has 2 heterocycles. The Hall–Kier alpha value is -2.34. The van der Waals surface area contributed by atoms with Gasteiger partial charge in [-0.15, -0.1) is 0 Å². The molecular weight excluding hydrogens is 443 g/mol. The van der Waals surface area contributed by atoms with Crippen molar-refractivity contribution in [3.05, 3.63) is 87.4 Å². The standard InChI is InChI=1S/C25H28Cl2N4O/c1-18-28-9-11-31(18)15-20-5-2-4-19(12-20)14-29-25(32)22-6-3-10-30(17-22)16-21-7-8-23(26)13-24(21)27/h2,4-5,7-9,11-13,22H,3,6,10,14-17H2,1H3,(H,29,32). The highest BCUT2D eigenvalue weighted by molar-refractivity contribution is 6.35. The number of nitrogens with one attached hydrogen (secondary N) is 1.